The highest BCUT2D eigenvalue weighted by atomic mass is 16.6. The quantitative estimate of drug-likeness (QED) is 0.739. The topological polar surface area (TPSA) is 108 Å². The van der Waals surface area contributed by atoms with Crippen LogP contribution in [-0.2, 0) is 14.3 Å². The van der Waals surface area contributed by atoms with Gasteiger partial charge in [0, 0.05) is 11.3 Å². The van der Waals surface area contributed by atoms with E-state index < -0.39 is 30.0 Å². The molecule has 2 rings (SSSR count). The molecule has 7 nitrogen and oxygen atoms in total. The minimum Gasteiger partial charge on any atom is -0.479 e. The SMILES string of the molecule is C[C@H](OC(=O)[C@@H](C)Oc1ccccc1)C(=O)Nc1ccc(C(N)=O)cc1. The number of ether oxygens (including phenoxy) is 2. The van der Waals surface area contributed by atoms with E-state index >= 15 is 0 Å². The molecule has 2 aromatic rings. The van der Waals surface area contributed by atoms with Crippen molar-refractivity contribution in [3.8, 4) is 5.75 Å². The molecule has 136 valence electrons. The predicted octanol–water partition coefficient (Wildman–Crippen LogP) is 2.12. The van der Waals surface area contributed by atoms with Gasteiger partial charge in [-0.3, -0.25) is 9.59 Å². The summed E-state index contributed by atoms with van der Waals surface area (Å²) in [7, 11) is 0. The van der Waals surface area contributed by atoms with Crippen molar-refractivity contribution in [1.82, 2.24) is 0 Å². The average Bonchev–Trinajstić information content (AvgIpc) is 2.62. The predicted molar refractivity (Wildman–Crippen MR) is 95.7 cm³/mol. The first-order valence-electron chi connectivity index (χ1n) is 7.99. The van der Waals surface area contributed by atoms with E-state index in [4.69, 9.17) is 15.2 Å². The molecule has 7 heteroatoms. The Morgan fingerprint density at radius 2 is 1.54 bits per heavy atom. The number of rotatable bonds is 7. The van der Waals surface area contributed by atoms with Crippen molar-refractivity contribution in [2.24, 2.45) is 5.73 Å². The highest BCUT2D eigenvalue weighted by Gasteiger charge is 2.23. The molecule has 0 radical (unpaired) electrons. The van der Waals surface area contributed by atoms with Gasteiger partial charge in [0.15, 0.2) is 12.2 Å². The fourth-order valence-corrected chi connectivity index (χ4v) is 2.04. The number of carbonyl (C=O) groups excluding carboxylic acids is 3. The highest BCUT2D eigenvalue weighted by molar-refractivity contribution is 5.96. The number of nitrogens with two attached hydrogens (primary N) is 1. The molecule has 0 aromatic heterocycles. The summed E-state index contributed by atoms with van der Waals surface area (Å²) in [6.45, 7) is 3.00. The van der Waals surface area contributed by atoms with E-state index in [-0.39, 0.29) is 0 Å². The lowest BCUT2D eigenvalue weighted by atomic mass is 10.2. The van der Waals surface area contributed by atoms with Gasteiger partial charge in [0.1, 0.15) is 5.75 Å². The first-order chi connectivity index (χ1) is 12.4. The minimum absolute atomic E-state index is 0.328. The number of esters is 1. The molecule has 0 spiro atoms. The standard InChI is InChI=1S/C19H20N2O5/c1-12(18(23)21-15-10-8-14(9-11-15)17(20)22)26-19(24)13(2)25-16-6-4-3-5-7-16/h3-13H,1-2H3,(H2,20,22)(H,21,23)/t12-,13+/m0/s1. The van der Waals surface area contributed by atoms with Crippen molar-refractivity contribution in [2.45, 2.75) is 26.1 Å². The van der Waals surface area contributed by atoms with Gasteiger partial charge in [-0.05, 0) is 50.2 Å². The van der Waals surface area contributed by atoms with Crippen molar-refractivity contribution in [2.75, 3.05) is 5.32 Å². The molecule has 0 unspecified atom stereocenters. The third-order valence-electron chi connectivity index (χ3n) is 3.49. The van der Waals surface area contributed by atoms with Crippen LogP contribution in [0.1, 0.15) is 24.2 Å². The number of carbonyl (C=O) groups is 3. The summed E-state index contributed by atoms with van der Waals surface area (Å²) < 4.78 is 10.6. The first-order valence-corrected chi connectivity index (χ1v) is 7.99. The van der Waals surface area contributed by atoms with Crippen LogP contribution in [0.3, 0.4) is 0 Å². The van der Waals surface area contributed by atoms with Gasteiger partial charge in [-0.2, -0.15) is 0 Å². The van der Waals surface area contributed by atoms with E-state index in [9.17, 15) is 14.4 Å². The summed E-state index contributed by atoms with van der Waals surface area (Å²) in [6, 6.07) is 14.9. The second-order valence-electron chi connectivity index (χ2n) is 5.58. The van der Waals surface area contributed by atoms with Gasteiger partial charge in [0.2, 0.25) is 5.91 Å². The van der Waals surface area contributed by atoms with Gasteiger partial charge in [0.25, 0.3) is 5.91 Å². The number of primary amides is 1. The Morgan fingerprint density at radius 3 is 2.12 bits per heavy atom. The van der Waals surface area contributed by atoms with E-state index in [1.165, 1.54) is 31.2 Å². The highest BCUT2D eigenvalue weighted by Crippen LogP contribution is 2.13. The number of amides is 2. The summed E-state index contributed by atoms with van der Waals surface area (Å²) in [4.78, 5) is 35.2. The molecule has 2 aromatic carbocycles. The van der Waals surface area contributed by atoms with E-state index in [1.54, 1.807) is 31.2 Å². The third-order valence-corrected chi connectivity index (χ3v) is 3.49. The summed E-state index contributed by atoms with van der Waals surface area (Å²) in [5, 5.41) is 2.59. The molecular formula is C19H20N2O5. The van der Waals surface area contributed by atoms with Crippen LogP contribution in [0.4, 0.5) is 5.69 Å². The number of nitrogens with one attached hydrogen (secondary N) is 1. The summed E-state index contributed by atoms with van der Waals surface area (Å²) in [5.74, 6) is -1.18. The zero-order chi connectivity index (χ0) is 19.1. The van der Waals surface area contributed by atoms with Crippen LogP contribution >= 0.6 is 0 Å². The largest absolute Gasteiger partial charge is 0.479 e. The zero-order valence-electron chi connectivity index (χ0n) is 14.5. The van der Waals surface area contributed by atoms with Crippen molar-refractivity contribution < 1.29 is 23.9 Å². The Morgan fingerprint density at radius 1 is 0.923 bits per heavy atom. The molecular weight excluding hydrogens is 336 g/mol. The maximum atomic E-state index is 12.1. The molecule has 2 amide bonds. The second-order valence-corrected chi connectivity index (χ2v) is 5.58. The normalized spacial score (nSPS) is 12.5. The fraction of sp³-hybridized carbons (Fsp3) is 0.211. The van der Waals surface area contributed by atoms with Crippen LogP contribution in [0, 0.1) is 0 Å². The maximum absolute atomic E-state index is 12.1. The Labute approximate surface area is 151 Å². The Kier molecular flexibility index (Phi) is 6.32. The molecule has 0 aliphatic heterocycles. The number of para-hydroxylation sites is 1. The van der Waals surface area contributed by atoms with E-state index in [0.717, 1.165) is 0 Å². The van der Waals surface area contributed by atoms with Gasteiger partial charge in [-0.15, -0.1) is 0 Å². The summed E-state index contributed by atoms with van der Waals surface area (Å²) in [6.07, 6.45) is -1.87. The number of hydrogen-bond acceptors (Lipinski definition) is 5. The molecule has 0 aliphatic rings. The molecule has 2 atom stereocenters. The van der Waals surface area contributed by atoms with Gasteiger partial charge < -0.3 is 20.5 Å². The van der Waals surface area contributed by atoms with Crippen LogP contribution in [0.15, 0.2) is 54.6 Å². The Bertz CT molecular complexity index is 774. The van der Waals surface area contributed by atoms with E-state index in [0.29, 0.717) is 17.0 Å². The smallest absolute Gasteiger partial charge is 0.347 e. The van der Waals surface area contributed by atoms with Gasteiger partial charge >= 0.3 is 5.97 Å². The molecule has 0 saturated carbocycles. The van der Waals surface area contributed by atoms with E-state index in [2.05, 4.69) is 5.32 Å². The lowest BCUT2D eigenvalue weighted by Gasteiger charge is -2.17. The lowest BCUT2D eigenvalue weighted by molar-refractivity contribution is -0.159. The summed E-state index contributed by atoms with van der Waals surface area (Å²) >= 11 is 0. The zero-order valence-corrected chi connectivity index (χ0v) is 14.5. The molecule has 26 heavy (non-hydrogen) atoms. The van der Waals surface area contributed by atoms with Gasteiger partial charge in [-0.25, -0.2) is 4.79 Å². The first kappa shape index (κ1) is 19.0. The van der Waals surface area contributed by atoms with Crippen LogP contribution in [-0.4, -0.2) is 30.0 Å². The molecule has 0 fully saturated rings. The van der Waals surface area contributed by atoms with Crippen LogP contribution in [0.2, 0.25) is 0 Å². The van der Waals surface area contributed by atoms with E-state index in [1.807, 2.05) is 6.07 Å². The monoisotopic (exact) mass is 356 g/mol. The Hall–Kier alpha value is -3.35. The van der Waals surface area contributed by atoms with Gasteiger partial charge in [-0.1, -0.05) is 18.2 Å². The van der Waals surface area contributed by atoms with Crippen LogP contribution in [0.5, 0.6) is 5.75 Å². The van der Waals surface area contributed by atoms with Crippen LogP contribution < -0.4 is 15.8 Å². The lowest BCUT2D eigenvalue weighted by Crippen LogP contribution is -2.35. The second kappa shape index (κ2) is 8.66. The van der Waals surface area contributed by atoms with Crippen molar-refractivity contribution in [1.29, 1.82) is 0 Å². The molecule has 0 aliphatic carbocycles. The van der Waals surface area contributed by atoms with Crippen molar-refractivity contribution in [3.05, 3.63) is 60.2 Å². The number of hydrogen-bond donors (Lipinski definition) is 2. The van der Waals surface area contributed by atoms with Crippen molar-refractivity contribution >= 4 is 23.5 Å². The minimum atomic E-state index is -1.01. The number of anilines is 1. The third kappa shape index (κ3) is 5.34. The van der Waals surface area contributed by atoms with Crippen LogP contribution in [0.25, 0.3) is 0 Å². The molecule has 0 bridgehead atoms. The average molecular weight is 356 g/mol. The maximum Gasteiger partial charge on any atom is 0.347 e. The van der Waals surface area contributed by atoms with Crippen molar-refractivity contribution in [3.63, 3.8) is 0 Å². The number of benzene rings is 2. The molecule has 0 saturated heterocycles. The fourth-order valence-electron chi connectivity index (χ4n) is 2.04. The summed E-state index contributed by atoms with van der Waals surface area (Å²) in [5.41, 5.74) is 5.94. The van der Waals surface area contributed by atoms with Gasteiger partial charge in [0.05, 0.1) is 0 Å². The Balaban J connectivity index is 1.87. The molecule has 0 heterocycles. The molecule has 3 N–H and O–H groups in total.